The summed E-state index contributed by atoms with van der Waals surface area (Å²) in [6, 6.07) is 7.26. The number of hydrogen-bond acceptors (Lipinski definition) is 5. The van der Waals surface area contributed by atoms with Crippen LogP contribution in [0.2, 0.25) is 0 Å². The molecule has 2 aromatic rings. The number of carbonyl (C=O) groups is 2. The van der Waals surface area contributed by atoms with E-state index in [1.807, 2.05) is 6.07 Å². The summed E-state index contributed by atoms with van der Waals surface area (Å²) in [5.74, 6) is -1.57. The fourth-order valence-corrected chi connectivity index (χ4v) is 2.53. The van der Waals surface area contributed by atoms with E-state index in [2.05, 4.69) is 5.10 Å². The van der Waals surface area contributed by atoms with Gasteiger partial charge in [-0.1, -0.05) is 0 Å². The molecule has 136 valence electrons. The SMILES string of the molecule is Cc1nn(C)c(C)c1C(=O)OCC(=O)N(CCC#N)c1ccc(F)cc1. The molecule has 1 aromatic heterocycles. The molecule has 8 heteroatoms. The number of benzene rings is 1. The van der Waals surface area contributed by atoms with Crippen LogP contribution in [-0.4, -0.2) is 34.8 Å². The minimum absolute atomic E-state index is 0.0951. The molecule has 1 heterocycles. The van der Waals surface area contributed by atoms with Crippen molar-refractivity contribution in [2.45, 2.75) is 20.3 Å². The predicted molar refractivity (Wildman–Crippen MR) is 91.9 cm³/mol. The molecule has 2 rings (SSSR count). The van der Waals surface area contributed by atoms with E-state index in [0.717, 1.165) is 0 Å². The van der Waals surface area contributed by atoms with Gasteiger partial charge < -0.3 is 9.64 Å². The molecular weight excluding hydrogens is 339 g/mol. The van der Waals surface area contributed by atoms with Crippen molar-refractivity contribution in [3.63, 3.8) is 0 Å². The number of nitriles is 1. The van der Waals surface area contributed by atoms with Crippen LogP contribution in [0.15, 0.2) is 24.3 Å². The highest BCUT2D eigenvalue weighted by Gasteiger charge is 2.22. The van der Waals surface area contributed by atoms with Crippen LogP contribution in [0.5, 0.6) is 0 Å². The van der Waals surface area contributed by atoms with E-state index in [1.165, 1.54) is 29.2 Å². The first kappa shape index (κ1) is 19.1. The Morgan fingerprint density at radius 2 is 1.96 bits per heavy atom. The number of rotatable bonds is 6. The van der Waals surface area contributed by atoms with E-state index in [1.54, 1.807) is 25.6 Å². The lowest BCUT2D eigenvalue weighted by Gasteiger charge is -2.21. The summed E-state index contributed by atoms with van der Waals surface area (Å²) >= 11 is 0. The first-order valence-electron chi connectivity index (χ1n) is 7.95. The molecule has 7 nitrogen and oxygen atoms in total. The Balaban J connectivity index is 2.10. The smallest absolute Gasteiger partial charge is 0.342 e. The molecule has 0 unspecified atom stereocenters. The van der Waals surface area contributed by atoms with Crippen molar-refractivity contribution in [3.05, 3.63) is 47.0 Å². The van der Waals surface area contributed by atoms with Gasteiger partial charge >= 0.3 is 5.97 Å². The van der Waals surface area contributed by atoms with E-state index in [9.17, 15) is 14.0 Å². The van der Waals surface area contributed by atoms with E-state index in [-0.39, 0.29) is 13.0 Å². The maximum Gasteiger partial charge on any atom is 0.342 e. The Labute approximate surface area is 150 Å². The molecule has 0 radical (unpaired) electrons. The molecule has 0 fully saturated rings. The van der Waals surface area contributed by atoms with Crippen LogP contribution in [0.4, 0.5) is 10.1 Å². The summed E-state index contributed by atoms with van der Waals surface area (Å²) in [5.41, 5.74) is 1.91. The second-order valence-corrected chi connectivity index (χ2v) is 5.68. The third kappa shape index (κ3) is 4.25. The molecule has 1 aromatic carbocycles. The fourth-order valence-electron chi connectivity index (χ4n) is 2.53. The lowest BCUT2D eigenvalue weighted by molar-refractivity contribution is -0.121. The number of hydrogen-bond donors (Lipinski definition) is 0. The Kier molecular flexibility index (Phi) is 6.07. The number of nitrogens with zero attached hydrogens (tertiary/aromatic N) is 4. The molecule has 0 spiro atoms. The predicted octanol–water partition coefficient (Wildman–Crippen LogP) is 2.28. The monoisotopic (exact) mass is 358 g/mol. The number of esters is 1. The normalized spacial score (nSPS) is 10.3. The average Bonchev–Trinajstić information content (AvgIpc) is 2.86. The zero-order valence-electron chi connectivity index (χ0n) is 14.8. The topological polar surface area (TPSA) is 88.2 Å². The summed E-state index contributed by atoms with van der Waals surface area (Å²) in [6.07, 6.45) is 0.0951. The number of aromatic nitrogens is 2. The zero-order valence-corrected chi connectivity index (χ0v) is 14.8. The molecule has 0 aliphatic heterocycles. The standard InChI is InChI=1S/C18H19FN4O3/c1-12-17(13(2)22(3)21-12)18(25)26-11-16(24)23(10-4-9-20)15-7-5-14(19)6-8-15/h5-8H,4,10-11H2,1-3H3. The van der Waals surface area contributed by atoms with Crippen molar-refractivity contribution >= 4 is 17.6 Å². The highest BCUT2D eigenvalue weighted by molar-refractivity contribution is 5.97. The number of amides is 1. The molecule has 26 heavy (non-hydrogen) atoms. The van der Waals surface area contributed by atoms with Crippen LogP contribution < -0.4 is 4.90 Å². The molecule has 0 saturated heterocycles. The molecule has 0 N–H and O–H groups in total. The molecule has 0 aliphatic rings. The van der Waals surface area contributed by atoms with Gasteiger partial charge in [0.25, 0.3) is 5.91 Å². The van der Waals surface area contributed by atoms with Crippen LogP contribution in [0.3, 0.4) is 0 Å². The molecule has 0 atom stereocenters. The van der Waals surface area contributed by atoms with Crippen molar-refractivity contribution in [2.75, 3.05) is 18.1 Å². The van der Waals surface area contributed by atoms with Crippen LogP contribution >= 0.6 is 0 Å². The Morgan fingerprint density at radius 3 is 2.50 bits per heavy atom. The van der Waals surface area contributed by atoms with Gasteiger partial charge in [-0.15, -0.1) is 0 Å². The second kappa shape index (κ2) is 8.25. The zero-order chi connectivity index (χ0) is 19.3. The molecule has 1 amide bonds. The quantitative estimate of drug-likeness (QED) is 0.739. The van der Waals surface area contributed by atoms with Crippen LogP contribution in [0.25, 0.3) is 0 Å². The van der Waals surface area contributed by atoms with E-state index >= 15 is 0 Å². The lowest BCUT2D eigenvalue weighted by atomic mass is 10.2. The lowest BCUT2D eigenvalue weighted by Crippen LogP contribution is -2.35. The maximum absolute atomic E-state index is 13.1. The maximum atomic E-state index is 13.1. The molecule has 0 bridgehead atoms. The summed E-state index contributed by atoms with van der Waals surface area (Å²) in [7, 11) is 1.71. The van der Waals surface area contributed by atoms with Crippen LogP contribution in [0, 0.1) is 31.0 Å². The van der Waals surface area contributed by atoms with Gasteiger partial charge in [0.2, 0.25) is 0 Å². The number of aryl methyl sites for hydroxylation is 2. The summed E-state index contributed by atoms with van der Waals surface area (Å²) in [6.45, 7) is 3.04. The number of anilines is 1. The van der Waals surface area contributed by atoms with Gasteiger partial charge in [-0.3, -0.25) is 9.48 Å². The molecule has 0 saturated carbocycles. The van der Waals surface area contributed by atoms with Gasteiger partial charge in [-0.25, -0.2) is 9.18 Å². The van der Waals surface area contributed by atoms with Crippen molar-refractivity contribution in [3.8, 4) is 6.07 Å². The average molecular weight is 358 g/mol. The van der Waals surface area contributed by atoms with E-state index in [0.29, 0.717) is 22.6 Å². The largest absolute Gasteiger partial charge is 0.452 e. The van der Waals surface area contributed by atoms with Crippen LogP contribution in [-0.2, 0) is 16.6 Å². The van der Waals surface area contributed by atoms with E-state index in [4.69, 9.17) is 10.00 Å². The summed E-state index contributed by atoms with van der Waals surface area (Å²) in [4.78, 5) is 26.0. The molecule has 0 aliphatic carbocycles. The minimum atomic E-state index is -0.638. The second-order valence-electron chi connectivity index (χ2n) is 5.68. The number of carbonyl (C=O) groups excluding carboxylic acids is 2. The Bertz CT molecular complexity index is 853. The molecular formula is C18H19FN4O3. The van der Waals surface area contributed by atoms with Crippen LogP contribution in [0.1, 0.15) is 28.2 Å². The van der Waals surface area contributed by atoms with Gasteiger partial charge in [0, 0.05) is 25.0 Å². The van der Waals surface area contributed by atoms with Crippen molar-refractivity contribution < 1.29 is 18.7 Å². The first-order valence-corrected chi connectivity index (χ1v) is 7.95. The van der Waals surface area contributed by atoms with Gasteiger partial charge in [-0.05, 0) is 38.1 Å². The Morgan fingerprint density at radius 1 is 1.31 bits per heavy atom. The first-order chi connectivity index (χ1) is 12.3. The van der Waals surface area contributed by atoms with E-state index < -0.39 is 24.3 Å². The summed E-state index contributed by atoms with van der Waals surface area (Å²) in [5, 5.41) is 12.9. The number of halogens is 1. The van der Waals surface area contributed by atoms with Crippen molar-refractivity contribution in [2.24, 2.45) is 7.05 Å². The number of ether oxygens (including phenoxy) is 1. The van der Waals surface area contributed by atoms with Gasteiger partial charge in [0.05, 0.1) is 18.2 Å². The van der Waals surface area contributed by atoms with Crippen molar-refractivity contribution in [1.29, 1.82) is 5.26 Å². The third-order valence-corrected chi connectivity index (χ3v) is 3.93. The fraction of sp³-hybridized carbons (Fsp3) is 0.333. The highest BCUT2D eigenvalue weighted by atomic mass is 19.1. The Hall–Kier alpha value is -3.21. The highest BCUT2D eigenvalue weighted by Crippen LogP contribution is 2.17. The third-order valence-electron chi connectivity index (χ3n) is 3.93. The van der Waals surface area contributed by atoms with Crippen molar-refractivity contribution in [1.82, 2.24) is 9.78 Å². The van der Waals surface area contributed by atoms with Gasteiger partial charge in [-0.2, -0.15) is 10.4 Å². The minimum Gasteiger partial charge on any atom is -0.452 e. The summed E-state index contributed by atoms with van der Waals surface area (Å²) < 4.78 is 19.8. The van der Waals surface area contributed by atoms with Gasteiger partial charge in [0.15, 0.2) is 6.61 Å². The van der Waals surface area contributed by atoms with Gasteiger partial charge in [0.1, 0.15) is 11.4 Å².